The quantitative estimate of drug-likeness (QED) is 0.506. The highest BCUT2D eigenvalue weighted by molar-refractivity contribution is 5.66. The van der Waals surface area contributed by atoms with Crippen LogP contribution in [0.1, 0.15) is 47.5 Å². The third-order valence-electron chi connectivity index (χ3n) is 6.05. The highest BCUT2D eigenvalue weighted by Crippen LogP contribution is 2.47. The van der Waals surface area contributed by atoms with Crippen molar-refractivity contribution < 1.29 is 24.9 Å². The lowest BCUT2D eigenvalue weighted by molar-refractivity contribution is -0.148. The number of carbonyl (C=O) groups is 1. The van der Waals surface area contributed by atoms with E-state index < -0.39 is 29.9 Å². The molecule has 0 amide bonds. The van der Waals surface area contributed by atoms with Crippen LogP contribution in [0.25, 0.3) is 0 Å². The van der Waals surface area contributed by atoms with Crippen LogP contribution in [0.3, 0.4) is 0 Å². The maximum Gasteiger partial charge on any atom is 0.303 e. The van der Waals surface area contributed by atoms with Crippen LogP contribution in [-0.2, 0) is 9.53 Å². The van der Waals surface area contributed by atoms with E-state index in [1.54, 1.807) is 26.0 Å². The van der Waals surface area contributed by atoms with Crippen LogP contribution in [0.15, 0.2) is 36.0 Å². The van der Waals surface area contributed by atoms with Gasteiger partial charge in [-0.2, -0.15) is 0 Å². The van der Waals surface area contributed by atoms with Gasteiger partial charge in [-0.1, -0.05) is 31.2 Å². The number of esters is 1. The molecule has 3 N–H and O–H groups in total. The van der Waals surface area contributed by atoms with Gasteiger partial charge in [-0.15, -0.1) is 0 Å². The van der Waals surface area contributed by atoms with E-state index >= 15 is 0 Å². The molecule has 0 aromatic carbocycles. The molecule has 0 radical (unpaired) electrons. The van der Waals surface area contributed by atoms with Crippen LogP contribution in [0.5, 0.6) is 0 Å². The Morgan fingerprint density at radius 1 is 1.41 bits per heavy atom. The second-order valence-corrected chi connectivity index (χ2v) is 8.74. The number of carbonyl (C=O) groups excluding carboxylic acids is 1. The van der Waals surface area contributed by atoms with E-state index in [2.05, 4.69) is 12.7 Å². The molecule has 5 nitrogen and oxygen atoms in total. The summed E-state index contributed by atoms with van der Waals surface area (Å²) in [5.74, 6) is -0.958. The average molecular weight is 379 g/mol. The fourth-order valence-corrected chi connectivity index (χ4v) is 4.48. The van der Waals surface area contributed by atoms with Gasteiger partial charge in [-0.05, 0) is 57.1 Å². The van der Waals surface area contributed by atoms with Crippen molar-refractivity contribution >= 4 is 5.97 Å². The van der Waals surface area contributed by atoms with Gasteiger partial charge >= 0.3 is 5.97 Å². The van der Waals surface area contributed by atoms with Crippen molar-refractivity contribution in [2.75, 3.05) is 0 Å². The fraction of sp³-hybridized carbons (Fsp3) is 0.682. The maximum absolute atomic E-state index is 11.6. The molecule has 2 aliphatic carbocycles. The van der Waals surface area contributed by atoms with Gasteiger partial charge in [0, 0.05) is 18.8 Å². The number of aliphatic hydroxyl groups is 3. The van der Waals surface area contributed by atoms with Crippen LogP contribution in [0.4, 0.5) is 0 Å². The van der Waals surface area contributed by atoms with E-state index in [1.165, 1.54) is 6.92 Å². The van der Waals surface area contributed by atoms with Gasteiger partial charge in [0.05, 0.1) is 17.8 Å². The highest BCUT2D eigenvalue weighted by atomic mass is 16.5. The summed E-state index contributed by atoms with van der Waals surface area (Å²) in [6, 6.07) is 0. The third-order valence-corrected chi connectivity index (χ3v) is 6.05. The Labute approximate surface area is 162 Å². The maximum atomic E-state index is 11.6. The summed E-state index contributed by atoms with van der Waals surface area (Å²) in [7, 11) is 0. The van der Waals surface area contributed by atoms with E-state index in [9.17, 15) is 20.1 Å². The van der Waals surface area contributed by atoms with Crippen molar-refractivity contribution in [2.24, 2.45) is 23.7 Å². The summed E-state index contributed by atoms with van der Waals surface area (Å²) in [6.07, 6.45) is 4.59. The summed E-state index contributed by atoms with van der Waals surface area (Å²) < 4.78 is 5.48. The number of rotatable bonds is 5. The van der Waals surface area contributed by atoms with Crippen molar-refractivity contribution in [2.45, 2.75) is 71.4 Å². The van der Waals surface area contributed by atoms with E-state index in [-0.39, 0.29) is 23.7 Å². The van der Waals surface area contributed by atoms with Crippen molar-refractivity contribution in [3.63, 3.8) is 0 Å². The van der Waals surface area contributed by atoms with Crippen LogP contribution < -0.4 is 0 Å². The van der Waals surface area contributed by atoms with Crippen LogP contribution in [0, 0.1) is 23.7 Å². The largest absolute Gasteiger partial charge is 0.458 e. The van der Waals surface area contributed by atoms with Crippen LogP contribution >= 0.6 is 0 Å². The Balaban J connectivity index is 2.33. The lowest BCUT2D eigenvalue weighted by atomic mass is 9.75. The molecule has 1 saturated carbocycles. The molecule has 1 fully saturated rings. The minimum Gasteiger partial charge on any atom is -0.458 e. The molecule has 0 aromatic rings. The van der Waals surface area contributed by atoms with Gasteiger partial charge in [0.15, 0.2) is 0 Å². The standard InChI is InChI=1S/C22H34O5/c1-12-7-8-16-13(2)18(24)11-17(21(25)20(12)16)14(3)19(27-15(4)23)9-10-22(5,6)26/h7,9-10,14,16-21,24-26H,2,8,11H2,1,3-6H3/b10-9+/t14-,16+,17+,18-,19+,20-,21-/m1/s1. The second-order valence-electron chi connectivity index (χ2n) is 8.74. The minimum absolute atomic E-state index is 0.0475. The third kappa shape index (κ3) is 5.09. The van der Waals surface area contributed by atoms with Gasteiger partial charge < -0.3 is 20.1 Å². The second kappa shape index (κ2) is 8.29. The summed E-state index contributed by atoms with van der Waals surface area (Å²) in [5.41, 5.74) is 0.859. The molecular formula is C22H34O5. The highest BCUT2D eigenvalue weighted by Gasteiger charge is 2.46. The SMILES string of the molecule is C=C1[C@H](O)C[C@@H]([C@@H](C)[C@H](/C=C/C(C)(C)O)OC(C)=O)[C@@H](O)[C@@H]2C(C)=CC[C@@H]12. The number of ether oxygens (including phenoxy) is 1. The summed E-state index contributed by atoms with van der Waals surface area (Å²) in [6.45, 7) is 12.7. The van der Waals surface area contributed by atoms with Gasteiger partial charge in [0.25, 0.3) is 0 Å². The van der Waals surface area contributed by atoms with Crippen molar-refractivity contribution in [3.05, 3.63) is 36.0 Å². The van der Waals surface area contributed by atoms with E-state index in [1.807, 2.05) is 13.8 Å². The van der Waals surface area contributed by atoms with Crippen LogP contribution in [-0.4, -0.2) is 45.2 Å². The summed E-state index contributed by atoms with van der Waals surface area (Å²) in [4.78, 5) is 11.6. The number of hydrogen-bond acceptors (Lipinski definition) is 5. The lowest BCUT2D eigenvalue weighted by Gasteiger charge is -2.35. The Morgan fingerprint density at radius 3 is 2.59 bits per heavy atom. The molecule has 7 atom stereocenters. The van der Waals surface area contributed by atoms with Crippen molar-refractivity contribution in [1.29, 1.82) is 0 Å². The number of fused-ring (bicyclic) bond motifs is 1. The molecule has 0 heterocycles. The molecule has 2 rings (SSSR count). The summed E-state index contributed by atoms with van der Waals surface area (Å²) >= 11 is 0. The van der Waals surface area contributed by atoms with Crippen molar-refractivity contribution in [1.82, 2.24) is 0 Å². The Hall–Kier alpha value is -1.43. The number of hydrogen-bond donors (Lipinski definition) is 3. The zero-order valence-corrected chi connectivity index (χ0v) is 17.1. The smallest absolute Gasteiger partial charge is 0.303 e. The Kier molecular flexibility index (Phi) is 6.72. The molecule has 152 valence electrons. The van der Waals surface area contributed by atoms with Gasteiger partial charge in [0.2, 0.25) is 0 Å². The normalized spacial score (nSPS) is 34.0. The van der Waals surface area contributed by atoms with Gasteiger partial charge in [0.1, 0.15) is 6.10 Å². The first-order valence-electron chi connectivity index (χ1n) is 9.72. The molecule has 0 saturated heterocycles. The molecule has 27 heavy (non-hydrogen) atoms. The predicted molar refractivity (Wildman–Crippen MR) is 105 cm³/mol. The lowest BCUT2D eigenvalue weighted by Crippen LogP contribution is -2.39. The number of aliphatic hydroxyl groups excluding tert-OH is 2. The monoisotopic (exact) mass is 378 g/mol. The zero-order chi connectivity index (χ0) is 20.5. The topological polar surface area (TPSA) is 87.0 Å². The van der Waals surface area contributed by atoms with Gasteiger partial charge in [-0.25, -0.2) is 0 Å². The van der Waals surface area contributed by atoms with E-state index in [0.717, 1.165) is 17.6 Å². The molecule has 0 spiro atoms. The first-order valence-corrected chi connectivity index (χ1v) is 9.72. The van der Waals surface area contributed by atoms with E-state index in [4.69, 9.17) is 4.74 Å². The minimum atomic E-state index is -1.04. The average Bonchev–Trinajstić information content (AvgIpc) is 2.90. The fourth-order valence-electron chi connectivity index (χ4n) is 4.48. The Bertz CT molecular complexity index is 627. The summed E-state index contributed by atoms with van der Waals surface area (Å²) in [5, 5.41) is 31.8. The molecule has 2 aliphatic rings. The molecule has 5 heteroatoms. The first-order chi connectivity index (χ1) is 12.4. The van der Waals surface area contributed by atoms with Crippen molar-refractivity contribution in [3.8, 4) is 0 Å². The molecular weight excluding hydrogens is 344 g/mol. The number of allylic oxidation sites excluding steroid dienone is 1. The first kappa shape index (κ1) is 21.9. The van der Waals surface area contributed by atoms with E-state index in [0.29, 0.717) is 6.42 Å². The Morgan fingerprint density at radius 2 is 2.04 bits per heavy atom. The van der Waals surface area contributed by atoms with Gasteiger partial charge in [-0.3, -0.25) is 4.79 Å². The molecule has 0 aromatic heterocycles. The molecule has 0 unspecified atom stereocenters. The zero-order valence-electron chi connectivity index (χ0n) is 17.1. The molecule has 0 aliphatic heterocycles. The van der Waals surface area contributed by atoms with Crippen LogP contribution in [0.2, 0.25) is 0 Å². The molecule has 0 bridgehead atoms. The predicted octanol–water partition coefficient (Wildman–Crippen LogP) is 2.76.